The van der Waals surface area contributed by atoms with E-state index in [2.05, 4.69) is 13.8 Å². The van der Waals surface area contributed by atoms with Gasteiger partial charge in [-0.05, 0) is 0 Å². The molecule has 0 N–H and O–H groups in total. The van der Waals surface area contributed by atoms with Crippen LogP contribution in [-0.2, 0) is 0 Å². The zero-order valence-electron chi connectivity index (χ0n) is 14.8. The van der Waals surface area contributed by atoms with E-state index in [1.165, 1.54) is 103 Å². The van der Waals surface area contributed by atoms with E-state index in [0.717, 1.165) is 6.42 Å². The third kappa shape index (κ3) is 26.7. The molecule has 0 aromatic carbocycles. The maximum atomic E-state index is 3.89. The first-order valence-electron chi connectivity index (χ1n) is 9.21. The molecule has 0 bridgehead atoms. The van der Waals surface area contributed by atoms with Gasteiger partial charge in [0, 0.05) is 0 Å². The predicted octanol–water partition coefficient (Wildman–Crippen LogP) is 4.10. The van der Waals surface area contributed by atoms with Crippen LogP contribution < -0.4 is 24.0 Å². The number of halogens is 1. The standard InChI is InChI=1S/C19H39.HI.Mg/c1-3-5-7-9-11-13-15-17-19-18-16-14-12-10-8-6-4-2;;/h1,3-19H2,2H3;1H;/q-1;;+2/p-1. The van der Waals surface area contributed by atoms with E-state index in [0.29, 0.717) is 0 Å². The minimum absolute atomic E-state index is 0. The van der Waals surface area contributed by atoms with Crippen molar-refractivity contribution in [3.63, 3.8) is 0 Å². The van der Waals surface area contributed by atoms with Crippen LogP contribution in [0.2, 0.25) is 0 Å². The van der Waals surface area contributed by atoms with Gasteiger partial charge >= 0.3 is 23.1 Å². The minimum Gasteiger partial charge on any atom is -1.00 e. The molecule has 0 aromatic rings. The summed E-state index contributed by atoms with van der Waals surface area (Å²) in [6.45, 7) is 6.18. The van der Waals surface area contributed by atoms with Crippen LogP contribution in [0.4, 0.5) is 0 Å². The average Bonchev–Trinajstić information content (AvgIpc) is 2.43. The summed E-state index contributed by atoms with van der Waals surface area (Å²) in [6, 6.07) is 0. The Bertz CT molecular complexity index is 135. The second-order valence-corrected chi connectivity index (χ2v) is 6.16. The van der Waals surface area contributed by atoms with Crippen LogP contribution in [0.15, 0.2) is 0 Å². The van der Waals surface area contributed by atoms with Gasteiger partial charge in [0.05, 0.1) is 0 Å². The van der Waals surface area contributed by atoms with E-state index in [4.69, 9.17) is 0 Å². The topological polar surface area (TPSA) is 0 Å². The van der Waals surface area contributed by atoms with Crippen molar-refractivity contribution in [1.82, 2.24) is 0 Å². The number of rotatable bonds is 16. The molecule has 0 spiro atoms. The molecular formula is C19H39IMg. The molecule has 0 nitrogen and oxygen atoms in total. The Morgan fingerprint density at radius 1 is 0.476 bits per heavy atom. The number of hydrogen-bond donors (Lipinski definition) is 0. The summed E-state index contributed by atoms with van der Waals surface area (Å²) >= 11 is 0. The molecule has 0 heterocycles. The van der Waals surface area contributed by atoms with Gasteiger partial charge in [-0.3, -0.25) is 0 Å². The Kier molecular flexibility index (Phi) is 34.4. The zero-order valence-corrected chi connectivity index (χ0v) is 18.4. The molecule has 0 saturated heterocycles. The Morgan fingerprint density at radius 3 is 0.952 bits per heavy atom. The smallest absolute Gasteiger partial charge is 1.00 e. The average molecular weight is 419 g/mol. The molecule has 0 aliphatic rings. The quantitative estimate of drug-likeness (QED) is 0.153. The summed E-state index contributed by atoms with van der Waals surface area (Å²) in [6.07, 6.45) is 24.3. The Balaban J connectivity index is -0.00000162. The van der Waals surface area contributed by atoms with Crippen molar-refractivity contribution in [2.75, 3.05) is 0 Å². The molecule has 2 heteroatoms. The third-order valence-corrected chi connectivity index (χ3v) is 4.10. The fourth-order valence-corrected chi connectivity index (χ4v) is 2.72. The molecule has 124 valence electrons. The van der Waals surface area contributed by atoms with Gasteiger partial charge in [-0.1, -0.05) is 110 Å². The molecule has 21 heavy (non-hydrogen) atoms. The molecule has 0 amide bonds. The second kappa shape index (κ2) is 26.4. The Hall–Kier alpha value is 1.50. The molecule has 0 saturated carbocycles. The van der Waals surface area contributed by atoms with Gasteiger partial charge < -0.3 is 30.9 Å². The monoisotopic (exact) mass is 418 g/mol. The molecule has 0 aromatic heterocycles. The van der Waals surface area contributed by atoms with Crippen LogP contribution in [0, 0.1) is 6.92 Å². The first-order valence-corrected chi connectivity index (χ1v) is 9.21. The van der Waals surface area contributed by atoms with Crippen molar-refractivity contribution in [3.05, 3.63) is 6.92 Å². The first-order chi connectivity index (χ1) is 9.41. The fourth-order valence-electron chi connectivity index (χ4n) is 2.72. The molecule has 0 aliphatic carbocycles. The summed E-state index contributed by atoms with van der Waals surface area (Å²) in [4.78, 5) is 0. The zero-order chi connectivity index (χ0) is 14.0. The fraction of sp³-hybridized carbons (Fsp3) is 0.947. The van der Waals surface area contributed by atoms with Gasteiger partial charge in [0.1, 0.15) is 0 Å². The minimum atomic E-state index is 0. The largest absolute Gasteiger partial charge is 2.00 e. The van der Waals surface area contributed by atoms with E-state index in [9.17, 15) is 0 Å². The maximum absolute atomic E-state index is 3.89. The van der Waals surface area contributed by atoms with E-state index in [1.807, 2.05) is 0 Å². The third-order valence-electron chi connectivity index (χ3n) is 4.10. The van der Waals surface area contributed by atoms with Crippen LogP contribution in [-0.4, -0.2) is 23.1 Å². The Morgan fingerprint density at radius 2 is 0.714 bits per heavy atom. The molecule has 0 fully saturated rings. The van der Waals surface area contributed by atoms with E-state index < -0.39 is 0 Å². The maximum Gasteiger partial charge on any atom is 2.00 e. The normalized spacial score (nSPS) is 10.0. The molecule has 0 unspecified atom stereocenters. The summed E-state index contributed by atoms with van der Waals surface area (Å²) in [5.41, 5.74) is 0. The number of unbranched alkanes of at least 4 members (excludes halogenated alkanes) is 16. The van der Waals surface area contributed by atoms with E-state index in [1.54, 1.807) is 0 Å². The van der Waals surface area contributed by atoms with Crippen LogP contribution in [0.1, 0.15) is 116 Å². The van der Waals surface area contributed by atoms with Gasteiger partial charge in [0.25, 0.3) is 0 Å². The van der Waals surface area contributed by atoms with Gasteiger partial charge in [0.2, 0.25) is 0 Å². The van der Waals surface area contributed by atoms with Crippen molar-refractivity contribution >= 4 is 23.1 Å². The molecular weight excluding hydrogens is 379 g/mol. The van der Waals surface area contributed by atoms with Crippen molar-refractivity contribution in [2.45, 2.75) is 116 Å². The van der Waals surface area contributed by atoms with Gasteiger partial charge in [-0.2, -0.15) is 6.42 Å². The first kappa shape index (κ1) is 27.3. The van der Waals surface area contributed by atoms with Crippen molar-refractivity contribution in [3.8, 4) is 0 Å². The van der Waals surface area contributed by atoms with Crippen molar-refractivity contribution in [1.29, 1.82) is 0 Å². The predicted molar refractivity (Wildman–Crippen MR) is 95.3 cm³/mol. The van der Waals surface area contributed by atoms with E-state index in [-0.39, 0.29) is 47.0 Å². The Labute approximate surface area is 169 Å². The van der Waals surface area contributed by atoms with E-state index >= 15 is 0 Å². The summed E-state index contributed by atoms with van der Waals surface area (Å²) in [5, 5.41) is 0. The van der Waals surface area contributed by atoms with Crippen LogP contribution >= 0.6 is 0 Å². The van der Waals surface area contributed by atoms with Crippen LogP contribution in [0.5, 0.6) is 0 Å². The van der Waals surface area contributed by atoms with Crippen LogP contribution in [0.3, 0.4) is 0 Å². The van der Waals surface area contributed by atoms with Gasteiger partial charge in [-0.15, -0.1) is 0 Å². The van der Waals surface area contributed by atoms with Crippen molar-refractivity contribution < 1.29 is 24.0 Å². The molecule has 0 radical (unpaired) electrons. The van der Waals surface area contributed by atoms with Gasteiger partial charge in [-0.25, -0.2) is 0 Å². The van der Waals surface area contributed by atoms with Crippen LogP contribution in [0.25, 0.3) is 0 Å². The summed E-state index contributed by atoms with van der Waals surface area (Å²) < 4.78 is 0. The molecule has 0 atom stereocenters. The summed E-state index contributed by atoms with van der Waals surface area (Å²) in [7, 11) is 0. The van der Waals surface area contributed by atoms with Crippen molar-refractivity contribution in [2.24, 2.45) is 0 Å². The molecule has 0 aliphatic heterocycles. The SMILES string of the molecule is [CH2-]CCCCCCCCCCCCCCCCCC.[I-].[Mg+2]. The van der Waals surface area contributed by atoms with Gasteiger partial charge in [0.15, 0.2) is 0 Å². The molecule has 0 rings (SSSR count). The number of hydrogen-bond acceptors (Lipinski definition) is 0. The second-order valence-electron chi connectivity index (χ2n) is 6.16. The summed E-state index contributed by atoms with van der Waals surface area (Å²) in [5.74, 6) is 0.